The molecule has 120 valence electrons. The molecule has 0 spiro atoms. The molecule has 0 aromatic rings. The lowest BCUT2D eigenvalue weighted by molar-refractivity contribution is -0.147. The van der Waals surface area contributed by atoms with Crippen molar-refractivity contribution in [2.45, 2.75) is 38.3 Å². The maximum absolute atomic E-state index is 11.8. The highest BCUT2D eigenvalue weighted by atomic mass is 16.5. The SMILES string of the molecule is COC(=O)C[C@H](NC(=O)NC(C)C1CCOCC1)C(=O)O. The maximum atomic E-state index is 11.8. The number of methoxy groups -OCH3 is 1. The smallest absolute Gasteiger partial charge is 0.326 e. The molecule has 1 fully saturated rings. The molecule has 2 amide bonds. The average molecular weight is 302 g/mol. The summed E-state index contributed by atoms with van der Waals surface area (Å²) in [6.07, 6.45) is 1.29. The number of esters is 1. The minimum atomic E-state index is -1.31. The molecule has 1 heterocycles. The van der Waals surface area contributed by atoms with Crippen LogP contribution in [0, 0.1) is 5.92 Å². The summed E-state index contributed by atoms with van der Waals surface area (Å²) < 4.78 is 9.65. The molecule has 8 heteroatoms. The minimum Gasteiger partial charge on any atom is -0.480 e. The van der Waals surface area contributed by atoms with E-state index in [1.54, 1.807) is 0 Å². The van der Waals surface area contributed by atoms with Gasteiger partial charge in [-0.2, -0.15) is 0 Å². The minimum absolute atomic E-state index is 0.0959. The molecule has 3 N–H and O–H groups in total. The first kappa shape index (κ1) is 17.2. The molecule has 0 aromatic carbocycles. The van der Waals surface area contributed by atoms with Gasteiger partial charge in [-0.25, -0.2) is 9.59 Å². The average Bonchev–Trinajstić information content (AvgIpc) is 2.47. The quantitative estimate of drug-likeness (QED) is 0.600. The zero-order valence-corrected chi connectivity index (χ0v) is 12.3. The number of amides is 2. The second-order valence-corrected chi connectivity index (χ2v) is 5.03. The fourth-order valence-electron chi connectivity index (χ4n) is 2.19. The zero-order chi connectivity index (χ0) is 15.8. The van der Waals surface area contributed by atoms with Crippen molar-refractivity contribution in [2.75, 3.05) is 20.3 Å². The fourth-order valence-corrected chi connectivity index (χ4v) is 2.19. The maximum Gasteiger partial charge on any atom is 0.326 e. The van der Waals surface area contributed by atoms with E-state index in [1.807, 2.05) is 6.92 Å². The summed E-state index contributed by atoms with van der Waals surface area (Å²) in [6.45, 7) is 3.20. The second-order valence-electron chi connectivity index (χ2n) is 5.03. The highest BCUT2D eigenvalue weighted by molar-refractivity contribution is 5.86. The number of hydrogen-bond donors (Lipinski definition) is 3. The van der Waals surface area contributed by atoms with Crippen molar-refractivity contribution in [1.82, 2.24) is 10.6 Å². The van der Waals surface area contributed by atoms with Gasteiger partial charge in [0.15, 0.2) is 0 Å². The van der Waals surface area contributed by atoms with Crippen molar-refractivity contribution in [3.63, 3.8) is 0 Å². The van der Waals surface area contributed by atoms with Gasteiger partial charge in [0, 0.05) is 19.3 Å². The number of carboxylic acids is 1. The van der Waals surface area contributed by atoms with Crippen molar-refractivity contribution in [1.29, 1.82) is 0 Å². The third-order valence-corrected chi connectivity index (χ3v) is 3.53. The Morgan fingerprint density at radius 2 is 1.90 bits per heavy atom. The van der Waals surface area contributed by atoms with E-state index in [4.69, 9.17) is 9.84 Å². The topological polar surface area (TPSA) is 114 Å². The van der Waals surface area contributed by atoms with Gasteiger partial charge in [-0.3, -0.25) is 4.79 Å². The standard InChI is InChI=1S/C13H22N2O6/c1-8(9-3-5-21-6-4-9)14-13(19)15-10(12(17)18)7-11(16)20-2/h8-10H,3-7H2,1-2H3,(H,17,18)(H2,14,15,19)/t8?,10-/m0/s1. The Labute approximate surface area is 123 Å². The highest BCUT2D eigenvalue weighted by Gasteiger charge is 2.26. The van der Waals surface area contributed by atoms with E-state index in [0.717, 1.165) is 20.0 Å². The molecular formula is C13H22N2O6. The van der Waals surface area contributed by atoms with Gasteiger partial charge in [0.1, 0.15) is 6.04 Å². The van der Waals surface area contributed by atoms with Gasteiger partial charge in [-0.15, -0.1) is 0 Å². The molecule has 1 unspecified atom stereocenters. The molecule has 0 saturated carbocycles. The first-order chi connectivity index (χ1) is 9.93. The van der Waals surface area contributed by atoms with Crippen LogP contribution in [0.1, 0.15) is 26.2 Å². The van der Waals surface area contributed by atoms with Crippen LogP contribution in [0.25, 0.3) is 0 Å². The predicted octanol–water partition coefficient (Wildman–Crippen LogP) is 0.117. The fraction of sp³-hybridized carbons (Fsp3) is 0.769. The van der Waals surface area contributed by atoms with Gasteiger partial charge in [0.05, 0.1) is 13.5 Å². The van der Waals surface area contributed by atoms with E-state index in [2.05, 4.69) is 15.4 Å². The van der Waals surface area contributed by atoms with E-state index >= 15 is 0 Å². The Morgan fingerprint density at radius 3 is 2.43 bits per heavy atom. The molecule has 0 radical (unpaired) electrons. The summed E-state index contributed by atoms with van der Waals surface area (Å²) >= 11 is 0. The molecule has 2 atom stereocenters. The molecular weight excluding hydrogens is 280 g/mol. The molecule has 0 aromatic heterocycles. The largest absolute Gasteiger partial charge is 0.480 e. The summed E-state index contributed by atoms with van der Waals surface area (Å²) in [4.78, 5) is 33.9. The third kappa shape index (κ3) is 5.99. The summed E-state index contributed by atoms with van der Waals surface area (Å²) in [5.41, 5.74) is 0. The molecule has 1 rings (SSSR count). The number of nitrogens with one attached hydrogen (secondary N) is 2. The number of aliphatic carboxylic acids is 1. The van der Waals surface area contributed by atoms with E-state index in [9.17, 15) is 14.4 Å². The summed E-state index contributed by atoms with van der Waals surface area (Å²) in [6, 6.07) is -2.01. The Bertz CT molecular complexity index is 381. The van der Waals surface area contributed by atoms with Crippen molar-refractivity contribution < 1.29 is 29.0 Å². The van der Waals surface area contributed by atoms with Crippen LogP contribution in [0.5, 0.6) is 0 Å². The Kier molecular flexibility index (Phi) is 6.93. The number of carboxylic acid groups (broad SMARTS) is 1. The normalized spacial score (nSPS) is 18.4. The number of carbonyl (C=O) groups excluding carboxylic acids is 2. The molecule has 0 aliphatic carbocycles. The molecule has 21 heavy (non-hydrogen) atoms. The van der Waals surface area contributed by atoms with E-state index in [0.29, 0.717) is 19.1 Å². The monoisotopic (exact) mass is 302 g/mol. The van der Waals surface area contributed by atoms with Crippen LogP contribution < -0.4 is 10.6 Å². The second kappa shape index (κ2) is 8.46. The van der Waals surface area contributed by atoms with Crippen LogP contribution >= 0.6 is 0 Å². The van der Waals surface area contributed by atoms with Crippen molar-refractivity contribution in [2.24, 2.45) is 5.92 Å². The van der Waals surface area contributed by atoms with Crippen LogP contribution in [-0.4, -0.2) is 55.5 Å². The Hall–Kier alpha value is -1.83. The van der Waals surface area contributed by atoms with Gasteiger partial charge >= 0.3 is 18.0 Å². The molecule has 8 nitrogen and oxygen atoms in total. The van der Waals surface area contributed by atoms with Crippen LogP contribution in [0.2, 0.25) is 0 Å². The van der Waals surface area contributed by atoms with E-state index < -0.39 is 30.4 Å². The summed E-state index contributed by atoms with van der Waals surface area (Å²) in [7, 11) is 1.16. The molecule has 0 bridgehead atoms. The third-order valence-electron chi connectivity index (χ3n) is 3.53. The van der Waals surface area contributed by atoms with Crippen molar-refractivity contribution in [3.05, 3.63) is 0 Å². The Balaban J connectivity index is 2.45. The lowest BCUT2D eigenvalue weighted by Crippen LogP contribution is -2.51. The Morgan fingerprint density at radius 1 is 1.29 bits per heavy atom. The first-order valence-corrected chi connectivity index (χ1v) is 6.88. The number of carbonyl (C=O) groups is 3. The van der Waals surface area contributed by atoms with Crippen LogP contribution in [-0.2, 0) is 19.1 Å². The number of hydrogen-bond acceptors (Lipinski definition) is 5. The summed E-state index contributed by atoms with van der Waals surface area (Å²) in [5.74, 6) is -1.68. The van der Waals surface area contributed by atoms with Gasteiger partial charge in [-0.05, 0) is 25.7 Å². The zero-order valence-electron chi connectivity index (χ0n) is 12.3. The van der Waals surface area contributed by atoms with E-state index in [1.165, 1.54) is 0 Å². The van der Waals surface area contributed by atoms with Crippen LogP contribution in [0.15, 0.2) is 0 Å². The van der Waals surface area contributed by atoms with Crippen molar-refractivity contribution in [3.8, 4) is 0 Å². The van der Waals surface area contributed by atoms with Crippen LogP contribution in [0.3, 0.4) is 0 Å². The lowest BCUT2D eigenvalue weighted by atomic mass is 9.93. The van der Waals surface area contributed by atoms with Gasteiger partial charge in [0.2, 0.25) is 0 Å². The summed E-state index contributed by atoms with van der Waals surface area (Å²) in [5, 5.41) is 14.0. The van der Waals surface area contributed by atoms with Gasteiger partial charge in [0.25, 0.3) is 0 Å². The highest BCUT2D eigenvalue weighted by Crippen LogP contribution is 2.18. The van der Waals surface area contributed by atoms with Crippen LogP contribution in [0.4, 0.5) is 4.79 Å². The molecule has 1 saturated heterocycles. The number of rotatable bonds is 6. The molecule has 1 aliphatic rings. The van der Waals surface area contributed by atoms with E-state index in [-0.39, 0.29) is 6.04 Å². The van der Waals surface area contributed by atoms with Gasteiger partial charge in [-0.1, -0.05) is 0 Å². The molecule has 1 aliphatic heterocycles. The number of urea groups is 1. The first-order valence-electron chi connectivity index (χ1n) is 6.88. The number of ether oxygens (including phenoxy) is 2. The van der Waals surface area contributed by atoms with Crippen molar-refractivity contribution >= 4 is 18.0 Å². The lowest BCUT2D eigenvalue weighted by Gasteiger charge is -2.28. The van der Waals surface area contributed by atoms with Gasteiger partial charge < -0.3 is 25.2 Å². The predicted molar refractivity (Wildman–Crippen MR) is 72.7 cm³/mol.